The number of hydrogen-bond donors (Lipinski definition) is 1. The lowest BCUT2D eigenvalue weighted by molar-refractivity contribution is -0.134. The predicted molar refractivity (Wildman–Crippen MR) is 72.6 cm³/mol. The highest BCUT2D eigenvalue weighted by Crippen LogP contribution is 2.13. The number of amides is 2. The summed E-state index contributed by atoms with van der Waals surface area (Å²) in [6.45, 7) is 5.00. The number of halogens is 1. The van der Waals surface area contributed by atoms with Crippen LogP contribution in [-0.2, 0) is 9.59 Å². The van der Waals surface area contributed by atoms with Crippen molar-refractivity contribution >= 4 is 29.1 Å². The highest BCUT2D eigenvalue weighted by molar-refractivity contribution is 6.30. The fourth-order valence-electron chi connectivity index (χ4n) is 1.56. The molecule has 0 atom stereocenters. The van der Waals surface area contributed by atoms with Gasteiger partial charge in [0, 0.05) is 23.8 Å². The molecule has 0 aromatic heterocycles. The summed E-state index contributed by atoms with van der Waals surface area (Å²) in [5, 5.41) is 3.26. The third kappa shape index (κ3) is 4.37. The van der Waals surface area contributed by atoms with E-state index in [-0.39, 0.29) is 18.2 Å². The second kappa shape index (κ2) is 7.01. The number of anilines is 1. The Bertz CT molecular complexity index is 414. The van der Waals surface area contributed by atoms with Crippen LogP contribution in [0.3, 0.4) is 0 Å². The average Bonchev–Trinajstić information content (AvgIpc) is 2.33. The first-order valence-corrected chi connectivity index (χ1v) is 6.27. The summed E-state index contributed by atoms with van der Waals surface area (Å²) in [5.41, 5.74) is 0.636. The van der Waals surface area contributed by atoms with Gasteiger partial charge in [0.25, 0.3) is 0 Å². The summed E-state index contributed by atoms with van der Waals surface area (Å²) in [6.07, 6.45) is -0.135. The van der Waals surface area contributed by atoms with E-state index >= 15 is 0 Å². The molecule has 4 nitrogen and oxygen atoms in total. The van der Waals surface area contributed by atoms with Crippen molar-refractivity contribution in [1.29, 1.82) is 0 Å². The standard InChI is InChI=1S/C13H17ClN2O2/c1-3-16(4-2)13(18)9-12(17)15-11-7-5-10(14)6-8-11/h5-8H,3-4,9H2,1-2H3,(H,15,17). The fourth-order valence-corrected chi connectivity index (χ4v) is 1.69. The van der Waals surface area contributed by atoms with E-state index in [1.165, 1.54) is 0 Å². The molecule has 0 bridgehead atoms. The molecule has 1 rings (SSSR count). The normalized spacial score (nSPS) is 9.94. The number of carbonyl (C=O) groups excluding carboxylic acids is 2. The second-order valence-electron chi connectivity index (χ2n) is 3.80. The van der Waals surface area contributed by atoms with Crippen LogP contribution in [0.15, 0.2) is 24.3 Å². The number of benzene rings is 1. The van der Waals surface area contributed by atoms with E-state index in [0.29, 0.717) is 23.8 Å². The maximum atomic E-state index is 11.7. The van der Waals surface area contributed by atoms with Gasteiger partial charge in [-0.3, -0.25) is 9.59 Å². The van der Waals surface area contributed by atoms with Gasteiger partial charge in [-0.1, -0.05) is 11.6 Å². The molecule has 0 fully saturated rings. The maximum absolute atomic E-state index is 11.7. The Morgan fingerprint density at radius 3 is 2.22 bits per heavy atom. The van der Waals surface area contributed by atoms with Crippen LogP contribution in [0, 0.1) is 0 Å². The second-order valence-corrected chi connectivity index (χ2v) is 4.23. The van der Waals surface area contributed by atoms with Crippen molar-refractivity contribution in [1.82, 2.24) is 4.90 Å². The molecule has 0 saturated heterocycles. The van der Waals surface area contributed by atoms with Crippen molar-refractivity contribution in [3.8, 4) is 0 Å². The Balaban J connectivity index is 2.51. The third-order valence-corrected chi connectivity index (χ3v) is 2.81. The van der Waals surface area contributed by atoms with Gasteiger partial charge in [0.05, 0.1) is 0 Å². The highest BCUT2D eigenvalue weighted by Gasteiger charge is 2.14. The minimum Gasteiger partial charge on any atom is -0.343 e. The van der Waals surface area contributed by atoms with Gasteiger partial charge in [-0.05, 0) is 38.1 Å². The molecule has 0 aliphatic carbocycles. The number of carbonyl (C=O) groups is 2. The quantitative estimate of drug-likeness (QED) is 0.835. The van der Waals surface area contributed by atoms with Crippen molar-refractivity contribution < 1.29 is 9.59 Å². The summed E-state index contributed by atoms with van der Waals surface area (Å²) in [7, 11) is 0. The first kappa shape index (κ1) is 14.5. The van der Waals surface area contributed by atoms with Crippen LogP contribution in [0.1, 0.15) is 20.3 Å². The number of rotatable bonds is 5. The molecule has 18 heavy (non-hydrogen) atoms. The van der Waals surface area contributed by atoms with Crippen molar-refractivity contribution in [3.05, 3.63) is 29.3 Å². The molecule has 0 heterocycles. The molecule has 0 spiro atoms. The predicted octanol–water partition coefficient (Wildman–Crippen LogP) is 2.54. The lowest BCUT2D eigenvalue weighted by atomic mass is 10.3. The molecule has 0 aliphatic heterocycles. The van der Waals surface area contributed by atoms with Crippen molar-refractivity contribution in [3.63, 3.8) is 0 Å². The fraction of sp³-hybridized carbons (Fsp3) is 0.385. The molecule has 5 heteroatoms. The Morgan fingerprint density at radius 1 is 1.17 bits per heavy atom. The van der Waals surface area contributed by atoms with Gasteiger partial charge >= 0.3 is 0 Å². The summed E-state index contributed by atoms with van der Waals surface area (Å²) in [4.78, 5) is 25.0. The van der Waals surface area contributed by atoms with Crippen LogP contribution in [0.25, 0.3) is 0 Å². The van der Waals surface area contributed by atoms with Crippen molar-refractivity contribution in [2.45, 2.75) is 20.3 Å². The maximum Gasteiger partial charge on any atom is 0.233 e. The van der Waals surface area contributed by atoms with Gasteiger partial charge in [-0.15, -0.1) is 0 Å². The van der Waals surface area contributed by atoms with E-state index in [4.69, 9.17) is 11.6 Å². The zero-order chi connectivity index (χ0) is 13.5. The highest BCUT2D eigenvalue weighted by atomic mass is 35.5. The summed E-state index contributed by atoms with van der Waals surface area (Å²) in [5.74, 6) is -0.472. The molecule has 1 N–H and O–H groups in total. The van der Waals surface area contributed by atoms with Crippen molar-refractivity contribution in [2.75, 3.05) is 18.4 Å². The molecular formula is C13H17ClN2O2. The number of nitrogens with one attached hydrogen (secondary N) is 1. The largest absolute Gasteiger partial charge is 0.343 e. The monoisotopic (exact) mass is 268 g/mol. The van der Waals surface area contributed by atoms with Crippen molar-refractivity contribution in [2.24, 2.45) is 0 Å². The van der Waals surface area contributed by atoms with Gasteiger partial charge < -0.3 is 10.2 Å². The van der Waals surface area contributed by atoms with Gasteiger partial charge in [-0.2, -0.15) is 0 Å². The minimum atomic E-state index is -0.311. The van der Waals surface area contributed by atoms with Crippen LogP contribution in [-0.4, -0.2) is 29.8 Å². The minimum absolute atomic E-state index is 0.135. The van der Waals surface area contributed by atoms with E-state index < -0.39 is 0 Å². The lowest BCUT2D eigenvalue weighted by Gasteiger charge is -2.18. The van der Waals surface area contributed by atoms with Crippen LogP contribution in [0.2, 0.25) is 5.02 Å². The summed E-state index contributed by atoms with van der Waals surface area (Å²) in [6, 6.07) is 6.76. The van der Waals surface area contributed by atoms with Crippen LogP contribution in [0.5, 0.6) is 0 Å². The lowest BCUT2D eigenvalue weighted by Crippen LogP contribution is -2.33. The topological polar surface area (TPSA) is 49.4 Å². The van der Waals surface area contributed by atoms with Gasteiger partial charge in [-0.25, -0.2) is 0 Å². The molecule has 0 saturated carbocycles. The molecule has 1 aromatic rings. The Labute approximate surface area is 112 Å². The Morgan fingerprint density at radius 2 is 1.72 bits per heavy atom. The Kier molecular flexibility index (Phi) is 5.65. The zero-order valence-corrected chi connectivity index (χ0v) is 11.3. The van der Waals surface area contributed by atoms with Crippen LogP contribution < -0.4 is 5.32 Å². The molecule has 2 amide bonds. The Hall–Kier alpha value is -1.55. The zero-order valence-electron chi connectivity index (χ0n) is 10.6. The van der Waals surface area contributed by atoms with Gasteiger partial charge in [0.15, 0.2) is 0 Å². The molecule has 98 valence electrons. The third-order valence-electron chi connectivity index (χ3n) is 2.56. The average molecular weight is 269 g/mol. The number of hydrogen-bond acceptors (Lipinski definition) is 2. The van der Waals surface area contributed by atoms with E-state index in [9.17, 15) is 9.59 Å². The molecule has 0 aliphatic rings. The van der Waals surface area contributed by atoms with Gasteiger partial charge in [0.2, 0.25) is 11.8 Å². The molecule has 0 unspecified atom stereocenters. The smallest absolute Gasteiger partial charge is 0.233 e. The van der Waals surface area contributed by atoms with Crippen LogP contribution >= 0.6 is 11.6 Å². The van der Waals surface area contributed by atoms with E-state index in [2.05, 4.69) is 5.32 Å². The molecule has 1 aromatic carbocycles. The number of nitrogens with zero attached hydrogens (tertiary/aromatic N) is 1. The molecule has 0 radical (unpaired) electrons. The SMILES string of the molecule is CCN(CC)C(=O)CC(=O)Nc1ccc(Cl)cc1. The first-order valence-electron chi connectivity index (χ1n) is 5.90. The summed E-state index contributed by atoms with van der Waals surface area (Å²) < 4.78 is 0. The summed E-state index contributed by atoms with van der Waals surface area (Å²) >= 11 is 5.74. The van der Waals surface area contributed by atoms with Crippen LogP contribution in [0.4, 0.5) is 5.69 Å². The van der Waals surface area contributed by atoms with Gasteiger partial charge in [0.1, 0.15) is 6.42 Å². The molecular weight excluding hydrogens is 252 g/mol. The van der Waals surface area contributed by atoms with E-state index in [1.807, 2.05) is 13.8 Å². The van der Waals surface area contributed by atoms with E-state index in [1.54, 1.807) is 29.2 Å². The first-order chi connectivity index (χ1) is 8.56. The van der Waals surface area contributed by atoms with E-state index in [0.717, 1.165) is 0 Å².